The monoisotopic (exact) mass is 331 g/mol. The molecule has 1 N–H and O–H groups in total. The fraction of sp³-hybridized carbons (Fsp3) is 0.389. The lowest BCUT2D eigenvalue weighted by molar-refractivity contribution is 0.0669. The molecule has 1 aliphatic heterocycles. The molecule has 0 aliphatic carbocycles. The Kier molecular flexibility index (Phi) is 4.98. The van der Waals surface area contributed by atoms with Crippen molar-refractivity contribution in [3.05, 3.63) is 52.2 Å². The zero-order valence-corrected chi connectivity index (χ0v) is 14.0. The third kappa shape index (κ3) is 3.41. The minimum Gasteiger partial charge on any atom is -0.495 e. The average molecular weight is 331 g/mol. The number of amides is 1. The van der Waals surface area contributed by atoms with Crippen molar-refractivity contribution in [2.75, 3.05) is 13.7 Å². The summed E-state index contributed by atoms with van der Waals surface area (Å²) in [5.41, 5.74) is 0.903. The van der Waals surface area contributed by atoms with Crippen LogP contribution in [0.1, 0.15) is 40.6 Å². The summed E-state index contributed by atoms with van der Waals surface area (Å²) in [7, 11) is 1.58. The van der Waals surface area contributed by atoms with E-state index >= 15 is 0 Å². The molecule has 122 valence electrons. The minimum absolute atomic E-state index is 0.0135. The predicted octanol–water partition coefficient (Wildman–Crippen LogP) is 3.49. The van der Waals surface area contributed by atoms with Gasteiger partial charge in [-0.2, -0.15) is 0 Å². The van der Waals surface area contributed by atoms with E-state index in [1.54, 1.807) is 7.11 Å². The third-order valence-electron chi connectivity index (χ3n) is 4.36. The summed E-state index contributed by atoms with van der Waals surface area (Å²) in [6.45, 7) is 0.742. The highest BCUT2D eigenvalue weighted by Crippen LogP contribution is 2.32. The van der Waals surface area contributed by atoms with Crippen LogP contribution >= 0.6 is 11.3 Å². The number of methoxy groups -OCH3 is 1. The van der Waals surface area contributed by atoms with E-state index in [2.05, 4.69) is 0 Å². The van der Waals surface area contributed by atoms with Crippen LogP contribution in [0.25, 0.3) is 0 Å². The topological polar surface area (TPSA) is 49.8 Å². The van der Waals surface area contributed by atoms with Crippen molar-refractivity contribution in [2.45, 2.75) is 31.4 Å². The summed E-state index contributed by atoms with van der Waals surface area (Å²) >= 11 is 1.41. The van der Waals surface area contributed by atoms with Gasteiger partial charge in [-0.1, -0.05) is 30.3 Å². The van der Waals surface area contributed by atoms with E-state index in [1.165, 1.54) is 11.3 Å². The van der Waals surface area contributed by atoms with Gasteiger partial charge >= 0.3 is 0 Å². The Bertz CT molecular complexity index is 655. The number of thiophene rings is 1. The molecule has 4 nitrogen and oxygen atoms in total. The molecule has 1 fully saturated rings. The molecule has 3 rings (SSSR count). The first-order valence-corrected chi connectivity index (χ1v) is 8.74. The van der Waals surface area contributed by atoms with Gasteiger partial charge in [0.25, 0.3) is 5.91 Å². The molecule has 0 saturated carbocycles. The standard InChI is InChI=1S/C18H21NO3S/c1-22-16-9-11-23-17(16)18(21)19-10-5-8-14(19)12-15(20)13-6-3-2-4-7-13/h2-4,6-7,9,11,14-15,20H,5,8,10,12H2,1H3. The lowest BCUT2D eigenvalue weighted by Gasteiger charge is -2.26. The molecule has 1 aromatic heterocycles. The lowest BCUT2D eigenvalue weighted by Crippen LogP contribution is -2.36. The van der Waals surface area contributed by atoms with E-state index < -0.39 is 6.10 Å². The largest absolute Gasteiger partial charge is 0.495 e. The molecule has 2 unspecified atom stereocenters. The number of carbonyl (C=O) groups excluding carboxylic acids is 1. The molecule has 1 aliphatic rings. The van der Waals surface area contributed by atoms with Crippen molar-refractivity contribution in [2.24, 2.45) is 0 Å². The van der Waals surface area contributed by atoms with E-state index in [4.69, 9.17) is 4.74 Å². The molecule has 0 spiro atoms. The zero-order valence-electron chi connectivity index (χ0n) is 13.1. The molecule has 1 amide bonds. The molecule has 5 heteroatoms. The minimum atomic E-state index is -0.542. The predicted molar refractivity (Wildman–Crippen MR) is 90.9 cm³/mol. The van der Waals surface area contributed by atoms with E-state index in [1.807, 2.05) is 46.7 Å². The molecule has 0 bridgehead atoms. The van der Waals surface area contributed by atoms with Crippen LogP contribution in [0, 0.1) is 0 Å². The van der Waals surface area contributed by atoms with Crippen molar-refractivity contribution in [1.82, 2.24) is 4.90 Å². The summed E-state index contributed by atoms with van der Waals surface area (Å²) in [6, 6.07) is 11.5. The van der Waals surface area contributed by atoms with E-state index in [9.17, 15) is 9.90 Å². The molecule has 2 heterocycles. The number of aliphatic hydroxyl groups is 1. The van der Waals surface area contributed by atoms with Crippen LogP contribution in [0.5, 0.6) is 5.75 Å². The molecule has 2 aromatic rings. The maximum absolute atomic E-state index is 12.8. The summed E-state index contributed by atoms with van der Waals surface area (Å²) in [5, 5.41) is 12.3. The number of benzene rings is 1. The van der Waals surface area contributed by atoms with Crippen molar-refractivity contribution in [3.8, 4) is 5.75 Å². The third-order valence-corrected chi connectivity index (χ3v) is 5.24. The molecule has 23 heavy (non-hydrogen) atoms. The number of likely N-dealkylation sites (tertiary alicyclic amines) is 1. The van der Waals surface area contributed by atoms with Crippen molar-refractivity contribution in [1.29, 1.82) is 0 Å². The SMILES string of the molecule is COc1ccsc1C(=O)N1CCCC1CC(O)c1ccccc1. The summed E-state index contributed by atoms with van der Waals surface area (Å²) < 4.78 is 5.27. The Balaban J connectivity index is 1.72. The van der Waals surface area contributed by atoms with Crippen LogP contribution in [-0.4, -0.2) is 35.6 Å². The molecular formula is C18H21NO3S. The number of aliphatic hydroxyl groups excluding tert-OH is 1. The van der Waals surface area contributed by atoms with Crippen LogP contribution < -0.4 is 4.74 Å². The highest BCUT2D eigenvalue weighted by atomic mass is 32.1. The highest BCUT2D eigenvalue weighted by molar-refractivity contribution is 7.12. The van der Waals surface area contributed by atoms with Crippen LogP contribution in [0.4, 0.5) is 0 Å². The number of hydrogen-bond acceptors (Lipinski definition) is 4. The number of nitrogens with zero attached hydrogens (tertiary/aromatic N) is 1. The molecular weight excluding hydrogens is 310 g/mol. The highest BCUT2D eigenvalue weighted by Gasteiger charge is 2.32. The van der Waals surface area contributed by atoms with E-state index in [-0.39, 0.29) is 11.9 Å². The average Bonchev–Trinajstić information content (AvgIpc) is 3.24. The normalized spacial score (nSPS) is 18.9. The van der Waals surface area contributed by atoms with Crippen LogP contribution in [0.15, 0.2) is 41.8 Å². The quantitative estimate of drug-likeness (QED) is 0.912. The molecule has 1 aromatic carbocycles. The van der Waals surface area contributed by atoms with Gasteiger partial charge in [-0.3, -0.25) is 4.79 Å². The van der Waals surface area contributed by atoms with Gasteiger partial charge in [0.1, 0.15) is 10.6 Å². The second-order valence-corrected chi connectivity index (χ2v) is 6.69. The molecule has 2 atom stereocenters. The Hall–Kier alpha value is -1.85. The first-order chi connectivity index (χ1) is 11.2. The van der Waals surface area contributed by atoms with Gasteiger partial charge < -0.3 is 14.7 Å². The first kappa shape index (κ1) is 16.0. The van der Waals surface area contributed by atoms with Crippen molar-refractivity contribution < 1.29 is 14.6 Å². The van der Waals surface area contributed by atoms with Gasteiger partial charge in [-0.05, 0) is 36.3 Å². The van der Waals surface area contributed by atoms with E-state index in [0.717, 1.165) is 24.9 Å². The van der Waals surface area contributed by atoms with Crippen LogP contribution in [0.2, 0.25) is 0 Å². The second kappa shape index (κ2) is 7.15. The number of carbonyl (C=O) groups is 1. The summed E-state index contributed by atoms with van der Waals surface area (Å²) in [6.07, 6.45) is 1.94. The summed E-state index contributed by atoms with van der Waals surface area (Å²) in [5.74, 6) is 0.647. The van der Waals surface area contributed by atoms with Gasteiger partial charge in [0, 0.05) is 12.6 Å². The van der Waals surface area contributed by atoms with Crippen molar-refractivity contribution >= 4 is 17.2 Å². The number of hydrogen-bond donors (Lipinski definition) is 1. The number of ether oxygens (including phenoxy) is 1. The van der Waals surface area contributed by atoms with Crippen LogP contribution in [-0.2, 0) is 0 Å². The second-order valence-electron chi connectivity index (χ2n) is 5.77. The van der Waals surface area contributed by atoms with Gasteiger partial charge in [-0.25, -0.2) is 0 Å². The smallest absolute Gasteiger partial charge is 0.267 e. The fourth-order valence-corrected chi connectivity index (χ4v) is 3.98. The van der Waals surface area contributed by atoms with Crippen LogP contribution in [0.3, 0.4) is 0 Å². The zero-order chi connectivity index (χ0) is 16.2. The Morgan fingerprint density at radius 3 is 2.91 bits per heavy atom. The van der Waals surface area contributed by atoms with Gasteiger partial charge in [0.15, 0.2) is 0 Å². The lowest BCUT2D eigenvalue weighted by atomic mass is 10.0. The molecule has 0 radical (unpaired) electrons. The van der Waals surface area contributed by atoms with Gasteiger partial charge in [0.05, 0.1) is 13.2 Å². The van der Waals surface area contributed by atoms with Crippen molar-refractivity contribution in [3.63, 3.8) is 0 Å². The maximum Gasteiger partial charge on any atom is 0.267 e. The van der Waals surface area contributed by atoms with Gasteiger partial charge in [-0.15, -0.1) is 11.3 Å². The summed E-state index contributed by atoms with van der Waals surface area (Å²) in [4.78, 5) is 15.3. The Morgan fingerprint density at radius 1 is 1.39 bits per heavy atom. The Morgan fingerprint density at radius 2 is 2.17 bits per heavy atom. The molecule has 1 saturated heterocycles. The fourth-order valence-electron chi connectivity index (χ4n) is 3.16. The number of rotatable bonds is 5. The Labute approximate surface area is 140 Å². The maximum atomic E-state index is 12.8. The van der Waals surface area contributed by atoms with Gasteiger partial charge in [0.2, 0.25) is 0 Å². The first-order valence-electron chi connectivity index (χ1n) is 7.86. The van der Waals surface area contributed by atoms with E-state index in [0.29, 0.717) is 17.0 Å².